The second kappa shape index (κ2) is 2.34. The zero-order valence-electron chi connectivity index (χ0n) is 6.23. The molecule has 1 aliphatic carbocycles. The maximum absolute atomic E-state index is 12.0. The summed E-state index contributed by atoms with van der Waals surface area (Å²) in [6.07, 6.45) is -5.90. The summed E-state index contributed by atoms with van der Waals surface area (Å²) in [6.45, 7) is -0.536. The molecule has 72 valence electrons. The van der Waals surface area contributed by atoms with E-state index in [1.807, 2.05) is 0 Å². The first-order chi connectivity index (χ1) is 5.22. The van der Waals surface area contributed by atoms with E-state index in [1.165, 1.54) is 0 Å². The number of aliphatic hydroxyl groups is 2. The Bertz CT molecular complexity index is 186. The SMILES string of the molecule is NC1(CO)CC(O)(C(F)(F)F)C1. The van der Waals surface area contributed by atoms with Crippen LogP contribution in [0.2, 0.25) is 0 Å². The monoisotopic (exact) mass is 185 g/mol. The molecule has 12 heavy (non-hydrogen) atoms. The van der Waals surface area contributed by atoms with Crippen molar-refractivity contribution in [3.05, 3.63) is 0 Å². The third-order valence-electron chi connectivity index (χ3n) is 2.13. The van der Waals surface area contributed by atoms with Gasteiger partial charge in [-0.15, -0.1) is 0 Å². The number of hydrogen-bond acceptors (Lipinski definition) is 3. The number of nitrogens with two attached hydrogens (primary N) is 1. The highest BCUT2D eigenvalue weighted by Gasteiger charge is 2.65. The lowest BCUT2D eigenvalue weighted by atomic mass is 9.65. The van der Waals surface area contributed by atoms with Crippen LogP contribution in [0.25, 0.3) is 0 Å². The average Bonchev–Trinajstić information content (AvgIpc) is 1.82. The van der Waals surface area contributed by atoms with E-state index < -0.39 is 36.8 Å². The lowest BCUT2D eigenvalue weighted by Crippen LogP contribution is -2.69. The molecule has 0 bridgehead atoms. The van der Waals surface area contributed by atoms with E-state index in [-0.39, 0.29) is 0 Å². The van der Waals surface area contributed by atoms with Crippen LogP contribution in [-0.4, -0.2) is 34.1 Å². The maximum atomic E-state index is 12.0. The summed E-state index contributed by atoms with van der Waals surface area (Å²) in [5, 5.41) is 17.4. The van der Waals surface area contributed by atoms with Crippen LogP contribution in [-0.2, 0) is 0 Å². The summed E-state index contributed by atoms with van der Waals surface area (Å²) in [5.41, 5.74) is 1.31. The molecule has 0 saturated heterocycles. The first-order valence-corrected chi connectivity index (χ1v) is 3.41. The molecule has 0 radical (unpaired) electrons. The summed E-state index contributed by atoms with van der Waals surface area (Å²) in [4.78, 5) is 0. The Morgan fingerprint density at radius 2 is 1.75 bits per heavy atom. The zero-order valence-corrected chi connectivity index (χ0v) is 6.23. The van der Waals surface area contributed by atoms with Crippen molar-refractivity contribution in [1.29, 1.82) is 0 Å². The van der Waals surface area contributed by atoms with Crippen molar-refractivity contribution in [1.82, 2.24) is 0 Å². The number of aliphatic hydroxyl groups excluding tert-OH is 1. The summed E-state index contributed by atoms with van der Waals surface area (Å²) >= 11 is 0. The number of alkyl halides is 3. The third-order valence-corrected chi connectivity index (χ3v) is 2.13. The Morgan fingerprint density at radius 3 is 2.00 bits per heavy atom. The normalized spacial score (nSPS) is 42.5. The fraction of sp³-hybridized carbons (Fsp3) is 1.00. The molecule has 0 heterocycles. The van der Waals surface area contributed by atoms with E-state index in [1.54, 1.807) is 0 Å². The molecule has 1 saturated carbocycles. The molecule has 0 unspecified atom stereocenters. The van der Waals surface area contributed by atoms with Crippen LogP contribution in [0, 0.1) is 0 Å². The van der Waals surface area contributed by atoms with Gasteiger partial charge in [-0.2, -0.15) is 13.2 Å². The molecule has 4 N–H and O–H groups in total. The van der Waals surface area contributed by atoms with Crippen LogP contribution in [0.1, 0.15) is 12.8 Å². The molecule has 1 rings (SSSR count). The molecule has 0 aromatic rings. The molecule has 0 aromatic heterocycles. The van der Waals surface area contributed by atoms with Crippen molar-refractivity contribution in [2.75, 3.05) is 6.61 Å². The van der Waals surface area contributed by atoms with Crippen LogP contribution in [0.3, 0.4) is 0 Å². The molecular weight excluding hydrogens is 175 g/mol. The van der Waals surface area contributed by atoms with Gasteiger partial charge in [0.15, 0.2) is 5.60 Å². The zero-order chi connectivity index (χ0) is 9.62. The van der Waals surface area contributed by atoms with E-state index in [4.69, 9.17) is 15.9 Å². The fourth-order valence-electron chi connectivity index (χ4n) is 1.43. The summed E-state index contributed by atoms with van der Waals surface area (Å²) in [7, 11) is 0. The van der Waals surface area contributed by atoms with Crippen molar-refractivity contribution in [3.63, 3.8) is 0 Å². The fourth-order valence-corrected chi connectivity index (χ4v) is 1.43. The van der Waals surface area contributed by atoms with Crippen LogP contribution in [0.5, 0.6) is 0 Å². The average molecular weight is 185 g/mol. The first-order valence-electron chi connectivity index (χ1n) is 3.41. The Labute approximate surface area is 67.0 Å². The van der Waals surface area contributed by atoms with Gasteiger partial charge in [-0.05, 0) is 0 Å². The molecule has 3 nitrogen and oxygen atoms in total. The van der Waals surface area contributed by atoms with Gasteiger partial charge in [0.1, 0.15) is 0 Å². The number of hydrogen-bond donors (Lipinski definition) is 3. The summed E-state index contributed by atoms with van der Waals surface area (Å²) < 4.78 is 35.9. The Kier molecular flexibility index (Phi) is 1.90. The van der Waals surface area contributed by atoms with Crippen LogP contribution >= 0.6 is 0 Å². The lowest BCUT2D eigenvalue weighted by molar-refractivity contribution is -0.304. The summed E-state index contributed by atoms with van der Waals surface area (Å²) in [5.74, 6) is 0. The summed E-state index contributed by atoms with van der Waals surface area (Å²) in [6, 6.07) is 0. The van der Waals surface area contributed by atoms with Gasteiger partial charge < -0.3 is 15.9 Å². The van der Waals surface area contributed by atoms with Gasteiger partial charge >= 0.3 is 6.18 Å². The molecule has 6 heteroatoms. The minimum atomic E-state index is -4.65. The van der Waals surface area contributed by atoms with Gasteiger partial charge in [0, 0.05) is 18.4 Å². The van der Waals surface area contributed by atoms with Crippen molar-refractivity contribution in [3.8, 4) is 0 Å². The van der Waals surface area contributed by atoms with Crippen LogP contribution in [0.4, 0.5) is 13.2 Å². The second-order valence-corrected chi connectivity index (χ2v) is 3.40. The molecule has 0 aliphatic heterocycles. The van der Waals surface area contributed by atoms with Gasteiger partial charge in [0.25, 0.3) is 0 Å². The Balaban J connectivity index is 2.62. The molecule has 0 amide bonds. The highest BCUT2D eigenvalue weighted by molar-refractivity contribution is 5.11. The Morgan fingerprint density at radius 1 is 1.33 bits per heavy atom. The van der Waals surface area contributed by atoms with Crippen molar-refractivity contribution >= 4 is 0 Å². The minimum absolute atomic E-state index is 0.536. The lowest BCUT2D eigenvalue weighted by Gasteiger charge is -2.50. The molecule has 0 atom stereocenters. The standard InChI is InChI=1S/C6H10F3NO2/c7-6(8,9)5(12)1-4(10,2-5)3-11/h11-12H,1-3,10H2. The quantitative estimate of drug-likeness (QED) is 0.528. The highest BCUT2D eigenvalue weighted by Crippen LogP contribution is 2.49. The van der Waals surface area contributed by atoms with Crippen LogP contribution < -0.4 is 5.73 Å². The smallest absolute Gasteiger partial charge is 0.394 e. The maximum Gasteiger partial charge on any atom is 0.417 e. The molecule has 1 aliphatic rings. The van der Waals surface area contributed by atoms with Gasteiger partial charge in [-0.25, -0.2) is 0 Å². The van der Waals surface area contributed by atoms with Gasteiger partial charge in [0.05, 0.1) is 6.61 Å². The minimum Gasteiger partial charge on any atom is -0.394 e. The predicted molar refractivity (Wildman–Crippen MR) is 34.2 cm³/mol. The van der Waals surface area contributed by atoms with Gasteiger partial charge in [0.2, 0.25) is 0 Å². The van der Waals surface area contributed by atoms with E-state index in [0.717, 1.165) is 0 Å². The Hall–Kier alpha value is -0.330. The van der Waals surface area contributed by atoms with E-state index in [0.29, 0.717) is 0 Å². The van der Waals surface area contributed by atoms with Crippen molar-refractivity contribution < 1.29 is 23.4 Å². The number of rotatable bonds is 1. The highest BCUT2D eigenvalue weighted by atomic mass is 19.4. The van der Waals surface area contributed by atoms with Gasteiger partial charge in [-0.3, -0.25) is 0 Å². The second-order valence-electron chi connectivity index (χ2n) is 3.40. The van der Waals surface area contributed by atoms with Gasteiger partial charge in [-0.1, -0.05) is 0 Å². The number of halogens is 3. The molecule has 1 fully saturated rings. The molecule has 0 spiro atoms. The van der Waals surface area contributed by atoms with E-state index >= 15 is 0 Å². The molecular formula is C6H10F3NO2. The van der Waals surface area contributed by atoms with E-state index in [2.05, 4.69) is 0 Å². The predicted octanol–water partition coefficient (Wildman–Crippen LogP) is -0.237. The third kappa shape index (κ3) is 1.30. The largest absolute Gasteiger partial charge is 0.417 e. The van der Waals surface area contributed by atoms with Crippen molar-refractivity contribution in [2.45, 2.75) is 30.2 Å². The van der Waals surface area contributed by atoms with Crippen LogP contribution in [0.15, 0.2) is 0 Å². The first kappa shape index (κ1) is 9.76. The topological polar surface area (TPSA) is 66.5 Å². The molecule has 0 aromatic carbocycles. The van der Waals surface area contributed by atoms with E-state index in [9.17, 15) is 13.2 Å². The van der Waals surface area contributed by atoms with Crippen molar-refractivity contribution in [2.24, 2.45) is 5.73 Å².